The van der Waals surface area contributed by atoms with Crippen molar-refractivity contribution in [2.45, 2.75) is 13.3 Å². The van der Waals surface area contributed by atoms with Gasteiger partial charge in [-0.15, -0.1) is 0 Å². The molecule has 0 atom stereocenters. The van der Waals surface area contributed by atoms with E-state index in [-0.39, 0.29) is 0 Å². The van der Waals surface area contributed by atoms with Gasteiger partial charge < -0.3 is 15.8 Å². The molecular formula is C7H11BN2O2. The van der Waals surface area contributed by atoms with E-state index in [0.717, 1.165) is 12.0 Å². The maximum absolute atomic E-state index is 8.81. The van der Waals surface area contributed by atoms with Crippen LogP contribution in [0.25, 0.3) is 0 Å². The van der Waals surface area contributed by atoms with Crippen LogP contribution in [0.4, 0.5) is 5.82 Å². The number of aryl methyl sites for hydroxylation is 1. The highest BCUT2D eigenvalue weighted by Crippen LogP contribution is 2.05. The Morgan fingerprint density at radius 2 is 2.25 bits per heavy atom. The molecule has 12 heavy (non-hydrogen) atoms. The third-order valence-electron chi connectivity index (χ3n) is 1.70. The van der Waals surface area contributed by atoms with Crippen molar-refractivity contribution in [3.05, 3.63) is 17.8 Å². The number of rotatable bonds is 2. The molecule has 1 aromatic rings. The Hall–Kier alpha value is -1.07. The van der Waals surface area contributed by atoms with Crippen LogP contribution in [0.2, 0.25) is 0 Å². The summed E-state index contributed by atoms with van der Waals surface area (Å²) < 4.78 is 0. The smallest absolute Gasteiger partial charge is 0.423 e. The molecule has 0 spiro atoms. The van der Waals surface area contributed by atoms with Crippen LogP contribution in [0.3, 0.4) is 0 Å². The molecular weight excluding hydrogens is 155 g/mol. The minimum atomic E-state index is -1.47. The fourth-order valence-corrected chi connectivity index (χ4v) is 0.964. The van der Waals surface area contributed by atoms with Gasteiger partial charge in [0.1, 0.15) is 5.82 Å². The first-order valence-corrected chi connectivity index (χ1v) is 3.75. The van der Waals surface area contributed by atoms with Gasteiger partial charge in [0.15, 0.2) is 0 Å². The Labute approximate surface area is 71.2 Å². The number of hydrogen-bond donors (Lipinski definition) is 3. The van der Waals surface area contributed by atoms with Crippen molar-refractivity contribution in [2.24, 2.45) is 0 Å². The molecule has 0 bridgehead atoms. The molecule has 0 aliphatic carbocycles. The molecule has 4 N–H and O–H groups in total. The number of hydrogen-bond acceptors (Lipinski definition) is 4. The lowest BCUT2D eigenvalue weighted by molar-refractivity contribution is 0.425. The standard InChI is InChI=1S/C7H11BN2O2/c1-2-5-3-6(8(11)12)4-10-7(5)9/h3-4,11-12H,2H2,1H3,(H2,9,10). The zero-order chi connectivity index (χ0) is 9.14. The lowest BCUT2D eigenvalue weighted by Crippen LogP contribution is -2.30. The van der Waals surface area contributed by atoms with Crippen molar-refractivity contribution in [1.29, 1.82) is 0 Å². The van der Waals surface area contributed by atoms with E-state index in [2.05, 4.69) is 4.98 Å². The maximum Gasteiger partial charge on any atom is 0.490 e. The molecule has 1 heterocycles. The van der Waals surface area contributed by atoms with Gasteiger partial charge in [-0.05, 0) is 12.0 Å². The van der Waals surface area contributed by atoms with E-state index in [1.54, 1.807) is 6.07 Å². The van der Waals surface area contributed by atoms with Crippen molar-refractivity contribution in [3.63, 3.8) is 0 Å². The summed E-state index contributed by atoms with van der Waals surface area (Å²) in [5, 5.41) is 17.6. The number of anilines is 1. The number of nitrogens with zero attached hydrogens (tertiary/aromatic N) is 1. The van der Waals surface area contributed by atoms with Crippen LogP contribution in [0.5, 0.6) is 0 Å². The number of aromatic nitrogens is 1. The molecule has 0 amide bonds. The van der Waals surface area contributed by atoms with E-state index in [9.17, 15) is 0 Å². The van der Waals surface area contributed by atoms with Crippen LogP contribution < -0.4 is 11.2 Å². The summed E-state index contributed by atoms with van der Waals surface area (Å²) in [6.45, 7) is 1.93. The SMILES string of the molecule is CCc1cc(B(O)O)cnc1N. The van der Waals surface area contributed by atoms with Crippen LogP contribution in [-0.2, 0) is 6.42 Å². The number of nitrogens with two attached hydrogens (primary N) is 1. The molecule has 5 heteroatoms. The molecule has 0 saturated carbocycles. The van der Waals surface area contributed by atoms with Gasteiger partial charge in [0, 0.05) is 11.7 Å². The van der Waals surface area contributed by atoms with E-state index >= 15 is 0 Å². The van der Waals surface area contributed by atoms with Crippen LogP contribution in [0.1, 0.15) is 12.5 Å². The Morgan fingerprint density at radius 3 is 2.75 bits per heavy atom. The Morgan fingerprint density at radius 1 is 1.58 bits per heavy atom. The lowest BCUT2D eigenvalue weighted by Gasteiger charge is -2.04. The molecule has 0 fully saturated rings. The van der Waals surface area contributed by atoms with Gasteiger partial charge >= 0.3 is 7.12 Å². The number of pyridine rings is 1. The average Bonchev–Trinajstić information content (AvgIpc) is 2.05. The van der Waals surface area contributed by atoms with Crippen LogP contribution in [0, 0.1) is 0 Å². The van der Waals surface area contributed by atoms with E-state index < -0.39 is 7.12 Å². The zero-order valence-corrected chi connectivity index (χ0v) is 6.86. The maximum atomic E-state index is 8.81. The number of nitrogen functional groups attached to an aromatic ring is 1. The van der Waals surface area contributed by atoms with E-state index in [1.165, 1.54) is 6.20 Å². The van der Waals surface area contributed by atoms with Crippen LogP contribution >= 0.6 is 0 Å². The van der Waals surface area contributed by atoms with Crippen molar-refractivity contribution in [1.82, 2.24) is 4.98 Å². The van der Waals surface area contributed by atoms with Crippen LogP contribution in [-0.4, -0.2) is 22.2 Å². The lowest BCUT2D eigenvalue weighted by atomic mass is 9.81. The molecule has 1 aromatic heterocycles. The Kier molecular flexibility index (Phi) is 2.67. The molecule has 0 aromatic carbocycles. The Bertz CT molecular complexity index is 278. The van der Waals surface area contributed by atoms with Gasteiger partial charge in [-0.3, -0.25) is 0 Å². The summed E-state index contributed by atoms with van der Waals surface area (Å²) in [7, 11) is -1.47. The minimum absolute atomic E-state index is 0.376. The highest BCUT2D eigenvalue weighted by atomic mass is 16.4. The van der Waals surface area contributed by atoms with Gasteiger partial charge in [-0.25, -0.2) is 4.98 Å². The molecule has 0 unspecified atom stereocenters. The third kappa shape index (κ3) is 1.75. The van der Waals surface area contributed by atoms with E-state index in [0.29, 0.717) is 11.3 Å². The summed E-state index contributed by atoms with van der Waals surface area (Å²) in [5.41, 5.74) is 6.74. The zero-order valence-electron chi connectivity index (χ0n) is 6.86. The normalized spacial score (nSPS) is 9.92. The van der Waals surface area contributed by atoms with E-state index in [4.69, 9.17) is 15.8 Å². The summed E-state index contributed by atoms with van der Waals surface area (Å²) in [6.07, 6.45) is 2.10. The molecule has 64 valence electrons. The highest BCUT2D eigenvalue weighted by molar-refractivity contribution is 6.58. The van der Waals surface area contributed by atoms with Gasteiger partial charge in [-0.1, -0.05) is 13.0 Å². The van der Waals surface area contributed by atoms with Crippen molar-refractivity contribution >= 4 is 18.4 Å². The van der Waals surface area contributed by atoms with Crippen LogP contribution in [0.15, 0.2) is 12.3 Å². The van der Waals surface area contributed by atoms with Gasteiger partial charge in [0.2, 0.25) is 0 Å². The Balaban J connectivity index is 3.05. The monoisotopic (exact) mass is 166 g/mol. The molecule has 0 aliphatic rings. The largest absolute Gasteiger partial charge is 0.490 e. The van der Waals surface area contributed by atoms with Gasteiger partial charge in [0.05, 0.1) is 0 Å². The topological polar surface area (TPSA) is 79.4 Å². The summed E-state index contributed by atoms with van der Waals surface area (Å²) >= 11 is 0. The first kappa shape index (κ1) is 9.03. The van der Waals surface area contributed by atoms with Gasteiger partial charge in [-0.2, -0.15) is 0 Å². The summed E-state index contributed by atoms with van der Waals surface area (Å²) in [6, 6.07) is 1.65. The molecule has 0 radical (unpaired) electrons. The predicted octanol–water partition coefficient (Wildman–Crippen LogP) is -1.09. The van der Waals surface area contributed by atoms with Gasteiger partial charge in [0.25, 0.3) is 0 Å². The quantitative estimate of drug-likeness (QED) is 0.487. The summed E-state index contributed by atoms with van der Waals surface area (Å²) in [5.74, 6) is 0.446. The first-order chi connectivity index (χ1) is 5.65. The van der Waals surface area contributed by atoms with E-state index in [1.807, 2.05) is 6.92 Å². The average molecular weight is 166 g/mol. The second kappa shape index (κ2) is 3.56. The minimum Gasteiger partial charge on any atom is -0.423 e. The molecule has 1 rings (SSSR count). The second-order valence-electron chi connectivity index (χ2n) is 2.54. The molecule has 0 aliphatic heterocycles. The summed E-state index contributed by atoms with van der Waals surface area (Å²) in [4.78, 5) is 3.83. The van der Waals surface area contributed by atoms with Crippen molar-refractivity contribution < 1.29 is 10.0 Å². The van der Waals surface area contributed by atoms with Crippen molar-refractivity contribution in [3.8, 4) is 0 Å². The van der Waals surface area contributed by atoms with Crippen molar-refractivity contribution in [2.75, 3.05) is 5.73 Å². The second-order valence-corrected chi connectivity index (χ2v) is 2.54. The molecule has 0 saturated heterocycles. The first-order valence-electron chi connectivity index (χ1n) is 3.75. The molecule has 4 nitrogen and oxygen atoms in total. The fraction of sp³-hybridized carbons (Fsp3) is 0.286. The highest BCUT2D eigenvalue weighted by Gasteiger charge is 2.12. The predicted molar refractivity (Wildman–Crippen MR) is 47.9 cm³/mol. The third-order valence-corrected chi connectivity index (χ3v) is 1.70. The fourth-order valence-electron chi connectivity index (χ4n) is 0.964.